The molecule has 27 heavy (non-hydrogen) atoms. The lowest BCUT2D eigenvalue weighted by Crippen LogP contribution is -2.59. The standard InChI is InChI=1S/C21H30N4O2/c1-16(15-24-11-5-2-6-12-24)19(26)25-13-9-21(10-14-25)20(27)22-17-7-3-4-8-18(17)23-21/h3-4,7-8,16,23H,2,5-6,9-15H2,1H3,(H,22,27). The summed E-state index contributed by atoms with van der Waals surface area (Å²) in [5.41, 5.74) is 1.21. The Kier molecular flexibility index (Phi) is 5.08. The molecule has 1 unspecified atom stereocenters. The SMILES string of the molecule is CC(CN1CCCCC1)C(=O)N1CCC2(CC1)Nc1ccccc1NC2=O. The van der Waals surface area contributed by atoms with E-state index in [4.69, 9.17) is 0 Å². The highest BCUT2D eigenvalue weighted by Crippen LogP contribution is 2.36. The van der Waals surface area contributed by atoms with Crippen molar-refractivity contribution in [3.63, 3.8) is 0 Å². The topological polar surface area (TPSA) is 64.7 Å². The van der Waals surface area contributed by atoms with Gasteiger partial charge in [-0.1, -0.05) is 25.5 Å². The molecule has 0 saturated carbocycles. The third kappa shape index (κ3) is 3.68. The van der Waals surface area contributed by atoms with Gasteiger partial charge in [-0.05, 0) is 50.9 Å². The minimum absolute atomic E-state index is 0.0195. The van der Waals surface area contributed by atoms with Crippen LogP contribution in [0, 0.1) is 5.92 Å². The Balaban J connectivity index is 1.35. The zero-order valence-electron chi connectivity index (χ0n) is 16.2. The molecular formula is C21H30N4O2. The quantitative estimate of drug-likeness (QED) is 0.858. The number of hydrogen-bond acceptors (Lipinski definition) is 4. The van der Waals surface area contributed by atoms with Crippen LogP contribution in [0.2, 0.25) is 0 Å². The van der Waals surface area contributed by atoms with E-state index in [1.807, 2.05) is 36.1 Å². The molecule has 0 aliphatic carbocycles. The molecule has 0 radical (unpaired) electrons. The minimum Gasteiger partial charge on any atom is -0.369 e. The molecule has 1 spiro atoms. The van der Waals surface area contributed by atoms with E-state index in [1.165, 1.54) is 19.3 Å². The van der Waals surface area contributed by atoms with Crippen LogP contribution in [0.3, 0.4) is 0 Å². The van der Waals surface area contributed by atoms with Gasteiger partial charge in [0.2, 0.25) is 11.8 Å². The molecule has 4 rings (SSSR count). The summed E-state index contributed by atoms with van der Waals surface area (Å²) in [6, 6.07) is 7.80. The highest BCUT2D eigenvalue weighted by Gasteiger charge is 2.45. The number of anilines is 2. The van der Waals surface area contributed by atoms with Gasteiger partial charge in [0.15, 0.2) is 0 Å². The van der Waals surface area contributed by atoms with Crippen molar-refractivity contribution < 1.29 is 9.59 Å². The number of para-hydroxylation sites is 2. The number of piperidine rings is 2. The second-order valence-corrected chi connectivity index (χ2v) is 8.29. The van der Waals surface area contributed by atoms with Crippen molar-refractivity contribution in [2.24, 2.45) is 5.92 Å². The molecule has 2 N–H and O–H groups in total. The van der Waals surface area contributed by atoms with Gasteiger partial charge in [-0.3, -0.25) is 9.59 Å². The molecule has 1 aromatic carbocycles. The summed E-state index contributed by atoms with van der Waals surface area (Å²) < 4.78 is 0. The summed E-state index contributed by atoms with van der Waals surface area (Å²) in [6.07, 6.45) is 5.10. The first-order valence-corrected chi connectivity index (χ1v) is 10.3. The zero-order valence-corrected chi connectivity index (χ0v) is 16.2. The minimum atomic E-state index is -0.596. The number of benzene rings is 1. The summed E-state index contributed by atoms with van der Waals surface area (Å²) >= 11 is 0. The average Bonchev–Trinajstić information content (AvgIpc) is 2.70. The summed E-state index contributed by atoms with van der Waals surface area (Å²) in [7, 11) is 0. The van der Waals surface area contributed by atoms with Crippen molar-refractivity contribution >= 4 is 23.2 Å². The molecule has 0 aromatic heterocycles. The lowest BCUT2D eigenvalue weighted by Gasteiger charge is -2.45. The fourth-order valence-corrected chi connectivity index (χ4v) is 4.64. The molecule has 1 aromatic rings. The van der Waals surface area contributed by atoms with Crippen LogP contribution in [0.5, 0.6) is 0 Å². The van der Waals surface area contributed by atoms with Crippen LogP contribution in [-0.2, 0) is 9.59 Å². The van der Waals surface area contributed by atoms with Gasteiger partial charge < -0.3 is 20.4 Å². The zero-order chi connectivity index (χ0) is 18.9. The summed E-state index contributed by atoms with van der Waals surface area (Å²) in [6.45, 7) is 6.39. The molecule has 3 aliphatic heterocycles. The van der Waals surface area contributed by atoms with Crippen LogP contribution in [0.4, 0.5) is 11.4 Å². The number of likely N-dealkylation sites (tertiary alicyclic amines) is 2. The third-order valence-corrected chi connectivity index (χ3v) is 6.31. The van der Waals surface area contributed by atoms with Crippen molar-refractivity contribution in [2.45, 2.75) is 44.6 Å². The molecule has 0 bridgehead atoms. The highest BCUT2D eigenvalue weighted by molar-refractivity contribution is 6.06. The maximum absolute atomic E-state index is 12.9. The molecule has 1 atom stereocenters. The predicted octanol–water partition coefficient (Wildman–Crippen LogP) is 2.53. The van der Waals surface area contributed by atoms with E-state index in [9.17, 15) is 9.59 Å². The number of carbonyl (C=O) groups is 2. The summed E-state index contributed by atoms with van der Waals surface area (Å²) in [5, 5.41) is 6.49. The second-order valence-electron chi connectivity index (χ2n) is 8.29. The van der Waals surface area contributed by atoms with Gasteiger partial charge >= 0.3 is 0 Å². The number of amides is 2. The van der Waals surface area contributed by atoms with Crippen molar-refractivity contribution in [3.05, 3.63) is 24.3 Å². The van der Waals surface area contributed by atoms with Gasteiger partial charge in [-0.25, -0.2) is 0 Å². The van der Waals surface area contributed by atoms with Crippen LogP contribution in [0.1, 0.15) is 39.0 Å². The lowest BCUT2D eigenvalue weighted by atomic mass is 9.84. The van der Waals surface area contributed by atoms with E-state index in [1.54, 1.807) is 0 Å². The molecule has 3 aliphatic rings. The number of rotatable bonds is 3. The number of nitrogens with zero attached hydrogens (tertiary/aromatic N) is 2. The highest BCUT2D eigenvalue weighted by atomic mass is 16.2. The molecule has 2 amide bonds. The maximum Gasteiger partial charge on any atom is 0.250 e. The summed E-state index contributed by atoms with van der Waals surface area (Å²) in [5.74, 6) is 0.271. The second kappa shape index (κ2) is 7.50. The van der Waals surface area contributed by atoms with Crippen LogP contribution < -0.4 is 10.6 Å². The normalized spacial score (nSPS) is 23.3. The number of carbonyl (C=O) groups excluding carboxylic acids is 2. The van der Waals surface area contributed by atoms with Crippen LogP contribution in [0.25, 0.3) is 0 Å². The Hall–Kier alpha value is -2.08. The fourth-order valence-electron chi connectivity index (χ4n) is 4.64. The molecule has 146 valence electrons. The number of nitrogens with one attached hydrogen (secondary N) is 2. The van der Waals surface area contributed by atoms with Gasteiger partial charge in [0, 0.05) is 25.6 Å². The Morgan fingerprint density at radius 3 is 2.44 bits per heavy atom. The molecule has 3 heterocycles. The monoisotopic (exact) mass is 370 g/mol. The van der Waals surface area contributed by atoms with E-state index in [-0.39, 0.29) is 17.7 Å². The van der Waals surface area contributed by atoms with E-state index in [0.717, 1.165) is 31.0 Å². The Bertz CT molecular complexity index is 706. The summed E-state index contributed by atoms with van der Waals surface area (Å²) in [4.78, 5) is 30.0. The maximum atomic E-state index is 12.9. The van der Waals surface area contributed by atoms with Gasteiger partial charge in [-0.2, -0.15) is 0 Å². The van der Waals surface area contributed by atoms with Gasteiger partial charge in [0.1, 0.15) is 5.54 Å². The number of fused-ring (bicyclic) bond motifs is 1. The third-order valence-electron chi connectivity index (χ3n) is 6.31. The van der Waals surface area contributed by atoms with Crippen LogP contribution in [0.15, 0.2) is 24.3 Å². The van der Waals surface area contributed by atoms with E-state index >= 15 is 0 Å². The smallest absolute Gasteiger partial charge is 0.250 e. The van der Waals surface area contributed by atoms with Crippen molar-refractivity contribution in [3.8, 4) is 0 Å². The van der Waals surface area contributed by atoms with E-state index in [0.29, 0.717) is 25.9 Å². The van der Waals surface area contributed by atoms with E-state index < -0.39 is 5.54 Å². The Labute approximate surface area is 161 Å². The predicted molar refractivity (Wildman–Crippen MR) is 107 cm³/mol. The van der Waals surface area contributed by atoms with Crippen molar-refractivity contribution in [1.82, 2.24) is 9.80 Å². The first kappa shape index (κ1) is 18.3. The largest absolute Gasteiger partial charge is 0.369 e. The lowest BCUT2D eigenvalue weighted by molar-refractivity contribution is -0.138. The van der Waals surface area contributed by atoms with E-state index in [2.05, 4.69) is 15.5 Å². The number of hydrogen-bond donors (Lipinski definition) is 2. The van der Waals surface area contributed by atoms with Gasteiger partial charge in [0.25, 0.3) is 0 Å². The average molecular weight is 370 g/mol. The Morgan fingerprint density at radius 2 is 1.74 bits per heavy atom. The fraction of sp³-hybridized carbons (Fsp3) is 0.619. The first-order valence-electron chi connectivity index (χ1n) is 10.3. The van der Waals surface area contributed by atoms with Gasteiger partial charge in [0.05, 0.1) is 11.4 Å². The van der Waals surface area contributed by atoms with Crippen molar-refractivity contribution in [2.75, 3.05) is 43.4 Å². The molecular weight excluding hydrogens is 340 g/mol. The van der Waals surface area contributed by atoms with Crippen LogP contribution in [-0.4, -0.2) is 59.9 Å². The molecule has 2 fully saturated rings. The molecule has 6 heteroatoms. The molecule has 2 saturated heterocycles. The molecule has 6 nitrogen and oxygen atoms in total. The van der Waals surface area contributed by atoms with Crippen molar-refractivity contribution in [1.29, 1.82) is 0 Å². The first-order chi connectivity index (χ1) is 13.1. The van der Waals surface area contributed by atoms with Gasteiger partial charge in [-0.15, -0.1) is 0 Å². The Morgan fingerprint density at radius 1 is 1.07 bits per heavy atom. The van der Waals surface area contributed by atoms with Crippen LogP contribution >= 0.6 is 0 Å².